The Balaban J connectivity index is 1.40. The Labute approximate surface area is 216 Å². The number of furan rings is 1. The molecule has 0 unspecified atom stereocenters. The second-order valence-corrected chi connectivity index (χ2v) is 10.7. The second-order valence-electron chi connectivity index (χ2n) is 8.98. The number of pyridine rings is 1. The molecule has 0 atom stereocenters. The summed E-state index contributed by atoms with van der Waals surface area (Å²) in [6.45, 7) is 4.60. The minimum Gasteiger partial charge on any atom is -0.467 e. The van der Waals surface area contributed by atoms with Crippen LogP contribution in [0, 0.1) is 6.92 Å². The first-order valence-electron chi connectivity index (χ1n) is 11.8. The summed E-state index contributed by atoms with van der Waals surface area (Å²) in [4.78, 5) is 35.9. The summed E-state index contributed by atoms with van der Waals surface area (Å²) in [6, 6.07) is 7.31. The number of anilines is 1. The first-order chi connectivity index (χ1) is 17.4. The molecule has 186 valence electrons. The van der Waals surface area contributed by atoms with Crippen molar-refractivity contribution in [2.45, 2.75) is 32.1 Å². The van der Waals surface area contributed by atoms with Crippen LogP contribution in [0.2, 0.25) is 0 Å². The van der Waals surface area contributed by atoms with E-state index in [-0.39, 0.29) is 18.0 Å². The standard InChI is InChI=1S/C25H24N4O5S2/c1-16-4-2-8-28-20(16)26-21(27-9-6-25(7-10-27)33-12-13-34-25)18(22(28)30)14-19-23(31)29(24(35)36-19)15-17-5-3-11-32-17/h2-5,8,11,14H,6-7,9-10,12-13,15H2,1H3. The molecule has 0 bridgehead atoms. The molecule has 0 saturated carbocycles. The van der Waals surface area contributed by atoms with Gasteiger partial charge in [0.15, 0.2) is 5.79 Å². The van der Waals surface area contributed by atoms with Crippen molar-refractivity contribution in [2.75, 3.05) is 31.2 Å². The molecule has 36 heavy (non-hydrogen) atoms. The highest BCUT2D eigenvalue weighted by Gasteiger charge is 2.41. The van der Waals surface area contributed by atoms with Crippen LogP contribution >= 0.6 is 24.0 Å². The Bertz CT molecular complexity index is 1430. The molecule has 1 amide bonds. The van der Waals surface area contributed by atoms with Crippen LogP contribution in [-0.2, 0) is 20.8 Å². The van der Waals surface area contributed by atoms with E-state index in [0.717, 1.165) is 5.56 Å². The molecular weight excluding hydrogens is 500 g/mol. The number of aromatic nitrogens is 2. The topological polar surface area (TPSA) is 89.5 Å². The van der Waals surface area contributed by atoms with Crippen LogP contribution in [0.15, 0.2) is 50.8 Å². The summed E-state index contributed by atoms with van der Waals surface area (Å²) < 4.78 is 19.1. The van der Waals surface area contributed by atoms with Crippen molar-refractivity contribution in [3.63, 3.8) is 0 Å². The molecule has 3 fully saturated rings. The molecule has 3 saturated heterocycles. The molecule has 3 aliphatic rings. The molecule has 9 nitrogen and oxygen atoms in total. The third kappa shape index (κ3) is 4.05. The number of nitrogens with zero attached hydrogens (tertiary/aromatic N) is 4. The van der Waals surface area contributed by atoms with Crippen LogP contribution in [0.1, 0.15) is 29.7 Å². The van der Waals surface area contributed by atoms with Crippen molar-refractivity contribution < 1.29 is 18.7 Å². The van der Waals surface area contributed by atoms with Gasteiger partial charge in [-0.15, -0.1) is 0 Å². The Morgan fingerprint density at radius 2 is 1.94 bits per heavy atom. The van der Waals surface area contributed by atoms with E-state index in [1.165, 1.54) is 21.1 Å². The van der Waals surface area contributed by atoms with E-state index in [9.17, 15) is 9.59 Å². The van der Waals surface area contributed by atoms with Crippen LogP contribution in [0.3, 0.4) is 0 Å². The van der Waals surface area contributed by atoms with Gasteiger partial charge in [0.2, 0.25) is 0 Å². The molecule has 6 rings (SSSR count). The van der Waals surface area contributed by atoms with Crippen LogP contribution < -0.4 is 10.5 Å². The summed E-state index contributed by atoms with van der Waals surface area (Å²) in [5, 5.41) is 0. The Morgan fingerprint density at radius 1 is 1.17 bits per heavy atom. The highest BCUT2D eigenvalue weighted by atomic mass is 32.2. The third-order valence-corrected chi connectivity index (χ3v) is 8.12. The van der Waals surface area contributed by atoms with Crippen LogP contribution in [0.25, 0.3) is 11.7 Å². The minimum atomic E-state index is -0.549. The summed E-state index contributed by atoms with van der Waals surface area (Å²) in [5.41, 5.74) is 1.61. The normalized spacial score (nSPS) is 21.0. The minimum absolute atomic E-state index is 0.233. The largest absolute Gasteiger partial charge is 0.467 e. The highest BCUT2D eigenvalue weighted by Crippen LogP contribution is 2.37. The molecule has 0 aliphatic carbocycles. The van der Waals surface area contributed by atoms with Gasteiger partial charge in [0.05, 0.1) is 36.5 Å². The number of carbonyl (C=O) groups is 1. The average molecular weight is 525 g/mol. The zero-order valence-corrected chi connectivity index (χ0v) is 21.3. The second kappa shape index (κ2) is 9.15. The number of thiocarbonyl (C=S) groups is 1. The molecule has 1 spiro atoms. The smallest absolute Gasteiger partial charge is 0.267 e. The number of thioether (sulfide) groups is 1. The third-order valence-electron chi connectivity index (χ3n) is 6.75. The van der Waals surface area contributed by atoms with E-state index in [1.54, 1.807) is 30.7 Å². The lowest BCUT2D eigenvalue weighted by molar-refractivity contribution is -0.169. The summed E-state index contributed by atoms with van der Waals surface area (Å²) in [5.74, 6) is 0.381. The van der Waals surface area contributed by atoms with Gasteiger partial charge in [-0.05, 0) is 36.8 Å². The van der Waals surface area contributed by atoms with Gasteiger partial charge in [-0.3, -0.25) is 18.9 Å². The summed E-state index contributed by atoms with van der Waals surface area (Å²) >= 11 is 6.65. The predicted molar refractivity (Wildman–Crippen MR) is 140 cm³/mol. The van der Waals surface area contributed by atoms with E-state index >= 15 is 0 Å². The molecule has 3 aromatic heterocycles. The zero-order chi connectivity index (χ0) is 24.9. The van der Waals surface area contributed by atoms with Gasteiger partial charge in [0, 0.05) is 32.1 Å². The van der Waals surface area contributed by atoms with E-state index < -0.39 is 5.79 Å². The van der Waals surface area contributed by atoms with Gasteiger partial charge < -0.3 is 18.8 Å². The predicted octanol–water partition coefficient (Wildman–Crippen LogP) is 3.34. The maximum Gasteiger partial charge on any atom is 0.267 e. The SMILES string of the molecule is Cc1cccn2c(=O)c(C=C3SC(=S)N(Cc4ccco4)C3=O)c(N3CCC4(CC3)OCCO4)nc12. The van der Waals surface area contributed by atoms with Crippen molar-refractivity contribution in [3.05, 3.63) is 68.9 Å². The van der Waals surface area contributed by atoms with Crippen LogP contribution in [0.4, 0.5) is 5.82 Å². The van der Waals surface area contributed by atoms with Crippen molar-refractivity contribution in [1.29, 1.82) is 0 Å². The molecular formula is C25H24N4O5S2. The van der Waals surface area contributed by atoms with Gasteiger partial charge >= 0.3 is 0 Å². The van der Waals surface area contributed by atoms with Gasteiger partial charge in [-0.1, -0.05) is 30.0 Å². The fourth-order valence-corrected chi connectivity index (χ4v) is 6.08. The number of ether oxygens (including phenoxy) is 2. The summed E-state index contributed by atoms with van der Waals surface area (Å²) in [6.07, 6.45) is 6.24. The molecule has 3 aromatic rings. The molecule has 6 heterocycles. The highest BCUT2D eigenvalue weighted by molar-refractivity contribution is 8.26. The van der Waals surface area contributed by atoms with E-state index in [2.05, 4.69) is 4.90 Å². The van der Waals surface area contributed by atoms with Gasteiger partial charge in [-0.25, -0.2) is 4.98 Å². The van der Waals surface area contributed by atoms with Crippen molar-refractivity contribution >= 4 is 51.7 Å². The first kappa shape index (κ1) is 23.4. The quantitative estimate of drug-likeness (QED) is 0.377. The van der Waals surface area contributed by atoms with Gasteiger partial charge in [0.1, 0.15) is 21.5 Å². The van der Waals surface area contributed by atoms with E-state index in [0.29, 0.717) is 71.2 Å². The van der Waals surface area contributed by atoms with Gasteiger partial charge in [0.25, 0.3) is 11.5 Å². The number of hydrogen-bond donors (Lipinski definition) is 0. The Morgan fingerprint density at radius 3 is 2.67 bits per heavy atom. The fourth-order valence-electron chi connectivity index (χ4n) is 4.84. The number of rotatable bonds is 4. The molecule has 11 heteroatoms. The zero-order valence-electron chi connectivity index (χ0n) is 19.6. The maximum absolute atomic E-state index is 13.7. The van der Waals surface area contributed by atoms with Crippen LogP contribution in [0.5, 0.6) is 0 Å². The summed E-state index contributed by atoms with van der Waals surface area (Å²) in [7, 11) is 0. The lowest BCUT2D eigenvalue weighted by atomic mass is 10.0. The van der Waals surface area contributed by atoms with Gasteiger partial charge in [-0.2, -0.15) is 0 Å². The Hall–Kier alpha value is -2.99. The van der Waals surface area contributed by atoms with Crippen LogP contribution in [-0.4, -0.2) is 56.6 Å². The Kier molecular flexibility index (Phi) is 5.95. The number of aryl methyl sites for hydroxylation is 1. The number of hydrogen-bond acceptors (Lipinski definition) is 9. The molecule has 0 N–H and O–H groups in total. The van der Waals surface area contributed by atoms with Crippen molar-refractivity contribution in [2.24, 2.45) is 0 Å². The monoisotopic (exact) mass is 524 g/mol. The maximum atomic E-state index is 13.7. The number of amides is 1. The van der Waals surface area contributed by atoms with E-state index in [1.807, 2.05) is 19.1 Å². The number of piperidine rings is 1. The van der Waals surface area contributed by atoms with Crippen molar-refractivity contribution in [3.8, 4) is 0 Å². The molecule has 0 aromatic carbocycles. The van der Waals surface area contributed by atoms with E-state index in [4.69, 9.17) is 31.1 Å². The fraction of sp³-hybridized carbons (Fsp3) is 0.360. The lowest BCUT2D eigenvalue weighted by Gasteiger charge is -2.38. The average Bonchev–Trinajstić information content (AvgIpc) is 3.61. The lowest BCUT2D eigenvalue weighted by Crippen LogP contribution is -2.46. The number of carbonyl (C=O) groups excluding carboxylic acids is 1. The molecule has 0 radical (unpaired) electrons. The molecule has 3 aliphatic heterocycles. The first-order valence-corrected chi connectivity index (χ1v) is 13.0. The number of fused-ring (bicyclic) bond motifs is 1. The van der Waals surface area contributed by atoms with Crippen molar-refractivity contribution in [1.82, 2.24) is 14.3 Å².